The van der Waals surface area contributed by atoms with Crippen LogP contribution in [0.15, 0.2) is 54.6 Å². The number of fused-ring (bicyclic) bond motifs is 1. The van der Waals surface area contributed by atoms with Crippen molar-refractivity contribution in [2.75, 3.05) is 6.61 Å². The molecule has 2 aromatic rings. The molecule has 0 aromatic heterocycles. The van der Waals surface area contributed by atoms with Gasteiger partial charge in [-0.2, -0.15) is 0 Å². The molecule has 1 N–H and O–H groups in total. The van der Waals surface area contributed by atoms with Crippen molar-refractivity contribution >= 4 is 0 Å². The predicted molar refractivity (Wildman–Crippen MR) is 70.7 cm³/mol. The Morgan fingerprint density at radius 3 is 2.56 bits per heavy atom. The van der Waals surface area contributed by atoms with Gasteiger partial charge in [-0.1, -0.05) is 48.5 Å². The topological polar surface area (TPSA) is 29.5 Å². The maximum atomic E-state index is 10.5. The van der Waals surface area contributed by atoms with Gasteiger partial charge in [0.2, 0.25) is 0 Å². The van der Waals surface area contributed by atoms with E-state index in [4.69, 9.17) is 4.74 Å². The predicted octanol–water partition coefficient (Wildman–Crippen LogP) is 3.29. The molecule has 0 amide bonds. The number of rotatable bonds is 2. The number of hydrogen-bond donors (Lipinski definition) is 1. The second-order valence-corrected chi connectivity index (χ2v) is 4.64. The van der Waals surface area contributed by atoms with Gasteiger partial charge in [-0.15, -0.1) is 0 Å². The first-order chi connectivity index (χ1) is 8.86. The summed E-state index contributed by atoms with van der Waals surface area (Å²) in [7, 11) is 0. The minimum absolute atomic E-state index is 0.123. The van der Waals surface area contributed by atoms with Gasteiger partial charge >= 0.3 is 0 Å². The molecule has 0 saturated carbocycles. The van der Waals surface area contributed by atoms with Gasteiger partial charge < -0.3 is 9.84 Å². The minimum atomic E-state index is -0.462. The summed E-state index contributed by atoms with van der Waals surface area (Å²) >= 11 is 0. The van der Waals surface area contributed by atoms with Crippen LogP contribution in [0.3, 0.4) is 0 Å². The first-order valence-electron chi connectivity index (χ1n) is 6.31. The molecule has 2 nitrogen and oxygen atoms in total. The summed E-state index contributed by atoms with van der Waals surface area (Å²) in [6.45, 7) is 0.672. The lowest BCUT2D eigenvalue weighted by atomic mass is 9.85. The zero-order valence-corrected chi connectivity index (χ0v) is 10.1. The third kappa shape index (κ3) is 2.00. The highest BCUT2D eigenvalue weighted by Gasteiger charge is 2.28. The summed E-state index contributed by atoms with van der Waals surface area (Å²) in [5.74, 6) is 1.03. The lowest BCUT2D eigenvalue weighted by Crippen LogP contribution is -2.19. The van der Waals surface area contributed by atoms with E-state index >= 15 is 0 Å². The van der Waals surface area contributed by atoms with Crippen molar-refractivity contribution < 1.29 is 9.84 Å². The highest BCUT2D eigenvalue weighted by Crippen LogP contribution is 2.40. The average Bonchev–Trinajstić information content (AvgIpc) is 2.47. The number of hydrogen-bond acceptors (Lipinski definition) is 2. The number of ether oxygens (including phenoxy) is 1. The van der Waals surface area contributed by atoms with Gasteiger partial charge in [-0.05, 0) is 18.1 Å². The summed E-state index contributed by atoms with van der Waals surface area (Å²) < 4.78 is 5.63. The molecule has 0 saturated heterocycles. The molecule has 0 spiro atoms. The summed E-state index contributed by atoms with van der Waals surface area (Å²) in [6.07, 6.45) is 0.392. The van der Waals surface area contributed by atoms with Gasteiger partial charge in [-0.25, -0.2) is 0 Å². The molecule has 0 bridgehead atoms. The molecule has 92 valence electrons. The molecule has 0 radical (unpaired) electrons. The lowest BCUT2D eigenvalue weighted by Gasteiger charge is -2.29. The fourth-order valence-electron chi connectivity index (χ4n) is 2.58. The SMILES string of the molecule is OC(c1ccccc1)C1CCOc2ccccc21. The van der Waals surface area contributed by atoms with E-state index in [1.54, 1.807) is 0 Å². The number of aliphatic hydroxyl groups is 1. The van der Waals surface area contributed by atoms with Crippen LogP contribution in [0.2, 0.25) is 0 Å². The van der Waals surface area contributed by atoms with Crippen LogP contribution in [0, 0.1) is 0 Å². The maximum Gasteiger partial charge on any atom is 0.122 e. The third-order valence-electron chi connectivity index (χ3n) is 3.53. The van der Waals surface area contributed by atoms with Crippen LogP contribution in [0.4, 0.5) is 0 Å². The number of aliphatic hydroxyl groups excluding tert-OH is 1. The maximum absolute atomic E-state index is 10.5. The van der Waals surface area contributed by atoms with Gasteiger partial charge in [-0.3, -0.25) is 0 Å². The first-order valence-corrected chi connectivity index (χ1v) is 6.31. The van der Waals surface area contributed by atoms with E-state index in [1.165, 1.54) is 0 Å². The molecule has 2 unspecified atom stereocenters. The van der Waals surface area contributed by atoms with Crippen LogP contribution < -0.4 is 4.74 Å². The molecule has 0 fully saturated rings. The van der Waals surface area contributed by atoms with Crippen LogP contribution >= 0.6 is 0 Å². The molecule has 2 aromatic carbocycles. The van der Waals surface area contributed by atoms with Crippen LogP contribution in [0.5, 0.6) is 5.75 Å². The van der Waals surface area contributed by atoms with Gasteiger partial charge in [0, 0.05) is 11.5 Å². The Hall–Kier alpha value is -1.80. The van der Waals surface area contributed by atoms with Crippen molar-refractivity contribution in [3.63, 3.8) is 0 Å². The van der Waals surface area contributed by atoms with Crippen molar-refractivity contribution in [1.82, 2.24) is 0 Å². The van der Waals surface area contributed by atoms with E-state index in [2.05, 4.69) is 0 Å². The molecule has 3 rings (SSSR count). The molecule has 1 aliphatic rings. The fraction of sp³-hybridized carbons (Fsp3) is 0.250. The van der Waals surface area contributed by atoms with E-state index in [1.807, 2.05) is 54.6 Å². The van der Waals surface area contributed by atoms with Gasteiger partial charge in [0.25, 0.3) is 0 Å². The zero-order chi connectivity index (χ0) is 12.4. The van der Waals surface area contributed by atoms with Crippen molar-refractivity contribution in [2.24, 2.45) is 0 Å². The Labute approximate surface area is 107 Å². The van der Waals surface area contributed by atoms with Crippen LogP contribution in [-0.4, -0.2) is 11.7 Å². The average molecular weight is 240 g/mol. The summed E-state index contributed by atoms with van der Waals surface area (Å²) in [5, 5.41) is 10.5. The fourth-order valence-corrected chi connectivity index (χ4v) is 2.58. The van der Waals surface area contributed by atoms with Gasteiger partial charge in [0.15, 0.2) is 0 Å². The normalized spacial score (nSPS) is 19.7. The second-order valence-electron chi connectivity index (χ2n) is 4.64. The standard InChI is InChI=1S/C16H16O2/c17-16(12-6-2-1-3-7-12)14-10-11-18-15-9-5-4-8-13(14)15/h1-9,14,16-17H,10-11H2. The Kier molecular flexibility index (Phi) is 3.03. The molecular weight excluding hydrogens is 224 g/mol. The summed E-state index contributed by atoms with van der Waals surface area (Å²) in [6, 6.07) is 17.8. The van der Waals surface area contributed by atoms with Gasteiger partial charge in [0.05, 0.1) is 12.7 Å². The smallest absolute Gasteiger partial charge is 0.122 e. The summed E-state index contributed by atoms with van der Waals surface area (Å²) in [4.78, 5) is 0. The molecule has 2 atom stereocenters. The van der Waals surface area contributed by atoms with Crippen LogP contribution in [0.25, 0.3) is 0 Å². The monoisotopic (exact) mass is 240 g/mol. The quantitative estimate of drug-likeness (QED) is 0.872. The van der Waals surface area contributed by atoms with E-state index < -0.39 is 6.10 Å². The largest absolute Gasteiger partial charge is 0.493 e. The van der Waals surface area contributed by atoms with E-state index in [9.17, 15) is 5.11 Å². The van der Waals surface area contributed by atoms with Crippen molar-refractivity contribution in [3.8, 4) is 5.75 Å². The summed E-state index contributed by atoms with van der Waals surface area (Å²) in [5.41, 5.74) is 2.08. The second kappa shape index (κ2) is 4.83. The molecule has 1 heterocycles. The minimum Gasteiger partial charge on any atom is -0.493 e. The Balaban J connectivity index is 1.94. The number of para-hydroxylation sites is 1. The van der Waals surface area contributed by atoms with Crippen molar-refractivity contribution in [1.29, 1.82) is 0 Å². The molecular formula is C16H16O2. The Bertz CT molecular complexity index is 522. The highest BCUT2D eigenvalue weighted by atomic mass is 16.5. The molecule has 18 heavy (non-hydrogen) atoms. The van der Waals surface area contributed by atoms with E-state index in [0.717, 1.165) is 23.3 Å². The first kappa shape index (κ1) is 11.3. The lowest BCUT2D eigenvalue weighted by molar-refractivity contribution is 0.117. The molecule has 2 heteroatoms. The molecule has 1 aliphatic heterocycles. The van der Waals surface area contributed by atoms with Crippen molar-refractivity contribution in [3.05, 3.63) is 65.7 Å². The highest BCUT2D eigenvalue weighted by molar-refractivity contribution is 5.39. The molecule has 0 aliphatic carbocycles. The Morgan fingerprint density at radius 1 is 1.00 bits per heavy atom. The number of benzene rings is 2. The van der Waals surface area contributed by atoms with E-state index in [0.29, 0.717) is 6.61 Å². The van der Waals surface area contributed by atoms with Crippen molar-refractivity contribution in [2.45, 2.75) is 18.4 Å². The van der Waals surface area contributed by atoms with Crippen LogP contribution in [-0.2, 0) is 0 Å². The Morgan fingerprint density at radius 2 is 1.72 bits per heavy atom. The van der Waals surface area contributed by atoms with Gasteiger partial charge in [0.1, 0.15) is 5.75 Å². The van der Waals surface area contributed by atoms with E-state index in [-0.39, 0.29) is 5.92 Å². The third-order valence-corrected chi connectivity index (χ3v) is 3.53. The van der Waals surface area contributed by atoms with Crippen LogP contribution in [0.1, 0.15) is 29.6 Å². The zero-order valence-electron chi connectivity index (χ0n) is 10.1.